The Kier molecular flexibility index (Phi) is 7.16. The molecule has 8 rings (SSSR count). The van der Waals surface area contributed by atoms with E-state index in [1.165, 1.54) is 71.7 Å². The third-order valence-corrected chi connectivity index (χ3v) is 10.4. The van der Waals surface area contributed by atoms with Crippen molar-refractivity contribution in [1.29, 1.82) is 0 Å². The number of hydrogen-bond acceptors (Lipinski definition) is 2. The molecule has 0 spiro atoms. The zero-order chi connectivity index (χ0) is 31.1. The maximum Gasteiger partial charge on any atom is 0.105 e. The summed E-state index contributed by atoms with van der Waals surface area (Å²) in [5.74, 6) is 0. The second kappa shape index (κ2) is 11.6. The number of hydrogen-bond donors (Lipinski definition) is 0. The molecule has 0 saturated carbocycles. The van der Waals surface area contributed by atoms with Gasteiger partial charge in [0.15, 0.2) is 0 Å². The van der Waals surface area contributed by atoms with E-state index >= 15 is 0 Å². The van der Waals surface area contributed by atoms with Gasteiger partial charge in [-0.2, -0.15) is 0 Å². The van der Waals surface area contributed by atoms with Gasteiger partial charge in [-0.25, -0.2) is 4.98 Å². The molecule has 1 aromatic heterocycles. The molecule has 1 aliphatic heterocycles. The number of nitrogens with zero attached hydrogens (tertiary/aromatic N) is 1. The van der Waals surface area contributed by atoms with Gasteiger partial charge in [0.1, 0.15) is 5.03 Å². The summed E-state index contributed by atoms with van der Waals surface area (Å²) >= 11 is 1.79. The highest BCUT2D eigenvalue weighted by Gasteiger charge is 2.34. The summed E-state index contributed by atoms with van der Waals surface area (Å²) in [6.45, 7) is 4.62. The summed E-state index contributed by atoms with van der Waals surface area (Å²) in [5.41, 5.74) is 14.8. The van der Waals surface area contributed by atoms with E-state index in [9.17, 15) is 0 Å². The van der Waals surface area contributed by atoms with Crippen molar-refractivity contribution in [3.05, 3.63) is 175 Å². The van der Waals surface area contributed by atoms with E-state index in [4.69, 9.17) is 4.98 Å². The largest absolute Gasteiger partial charge is 0.249 e. The number of rotatable bonds is 5. The van der Waals surface area contributed by atoms with Crippen LogP contribution < -0.4 is 0 Å². The van der Waals surface area contributed by atoms with Crippen LogP contribution in [0.2, 0.25) is 0 Å². The third kappa shape index (κ3) is 4.96. The van der Waals surface area contributed by atoms with Gasteiger partial charge in [-0.3, -0.25) is 0 Å². The van der Waals surface area contributed by atoms with Crippen LogP contribution in [0.5, 0.6) is 0 Å². The minimum absolute atomic E-state index is 0.109. The van der Waals surface area contributed by atoms with Gasteiger partial charge in [-0.1, -0.05) is 165 Å². The third-order valence-electron chi connectivity index (χ3n) is 9.23. The lowest BCUT2D eigenvalue weighted by Crippen LogP contribution is -2.24. The number of fused-ring (bicyclic) bond motifs is 2. The molecular formula is C44H33NS. The molecule has 46 heavy (non-hydrogen) atoms. The van der Waals surface area contributed by atoms with Crippen LogP contribution in [0.1, 0.15) is 25.0 Å². The van der Waals surface area contributed by atoms with Crippen LogP contribution in [0.15, 0.2) is 174 Å². The van der Waals surface area contributed by atoms with Gasteiger partial charge >= 0.3 is 0 Å². The molecule has 0 fully saturated rings. The molecule has 0 atom stereocenters. The molecule has 0 radical (unpaired) electrons. The number of pyridine rings is 1. The van der Waals surface area contributed by atoms with Crippen molar-refractivity contribution in [1.82, 2.24) is 4.98 Å². The van der Waals surface area contributed by atoms with Crippen molar-refractivity contribution in [2.24, 2.45) is 0 Å². The molecule has 7 aromatic rings. The van der Waals surface area contributed by atoms with Crippen molar-refractivity contribution in [3.8, 4) is 55.6 Å². The van der Waals surface area contributed by atoms with Gasteiger partial charge in [-0.15, -0.1) is 0 Å². The number of benzene rings is 6. The lowest BCUT2D eigenvalue weighted by atomic mass is 9.77. The van der Waals surface area contributed by atoms with Crippen LogP contribution in [0.25, 0.3) is 55.6 Å². The Morgan fingerprint density at radius 1 is 0.435 bits per heavy atom. The van der Waals surface area contributed by atoms with Gasteiger partial charge in [0.25, 0.3) is 0 Å². The van der Waals surface area contributed by atoms with Crippen molar-refractivity contribution in [3.63, 3.8) is 0 Å². The van der Waals surface area contributed by atoms with E-state index < -0.39 is 0 Å². The van der Waals surface area contributed by atoms with Crippen LogP contribution in [-0.4, -0.2) is 4.98 Å². The smallest absolute Gasteiger partial charge is 0.105 e. The highest BCUT2D eigenvalue weighted by atomic mass is 32.2. The SMILES string of the molecule is CC1(C)c2cccnc2Sc2c(-c3ccc(-c4cc(-c5ccccc5)c(-c5ccccc5)c(-c5ccccc5)c4)cc3)cccc21. The molecule has 6 aromatic carbocycles. The van der Waals surface area contributed by atoms with Crippen molar-refractivity contribution in [2.75, 3.05) is 0 Å². The van der Waals surface area contributed by atoms with Crippen molar-refractivity contribution >= 4 is 11.8 Å². The lowest BCUT2D eigenvalue weighted by Gasteiger charge is -2.34. The van der Waals surface area contributed by atoms with E-state index in [0.717, 1.165) is 5.03 Å². The summed E-state index contributed by atoms with van der Waals surface area (Å²) in [6, 6.07) is 57.2. The first kappa shape index (κ1) is 28.3. The van der Waals surface area contributed by atoms with E-state index in [1.807, 2.05) is 12.3 Å². The fraction of sp³-hybridized carbons (Fsp3) is 0.0682. The van der Waals surface area contributed by atoms with Gasteiger partial charge in [0.2, 0.25) is 0 Å². The lowest BCUT2D eigenvalue weighted by molar-refractivity contribution is 0.599. The molecule has 1 nitrogen and oxygen atoms in total. The molecule has 0 bridgehead atoms. The second-order valence-electron chi connectivity index (χ2n) is 12.4. The van der Waals surface area contributed by atoms with Crippen LogP contribution in [-0.2, 0) is 5.41 Å². The highest BCUT2D eigenvalue weighted by molar-refractivity contribution is 7.99. The first-order chi connectivity index (χ1) is 22.6. The van der Waals surface area contributed by atoms with Crippen LogP contribution in [0.4, 0.5) is 0 Å². The normalized spacial score (nSPS) is 13.1. The Labute approximate surface area is 275 Å². The summed E-state index contributed by atoms with van der Waals surface area (Å²) < 4.78 is 0. The second-order valence-corrected chi connectivity index (χ2v) is 13.4. The van der Waals surface area contributed by atoms with E-state index in [1.54, 1.807) is 11.8 Å². The van der Waals surface area contributed by atoms with E-state index in [0.29, 0.717) is 0 Å². The zero-order valence-electron chi connectivity index (χ0n) is 25.9. The van der Waals surface area contributed by atoms with Crippen molar-refractivity contribution in [2.45, 2.75) is 29.2 Å². The van der Waals surface area contributed by atoms with Gasteiger partial charge in [-0.05, 0) is 85.0 Å². The summed E-state index contributed by atoms with van der Waals surface area (Å²) in [5, 5.41) is 1.10. The van der Waals surface area contributed by atoms with E-state index in [2.05, 4.69) is 166 Å². The standard InChI is InChI=1S/C44H33NS/c1-44(2)39-21-12-20-36(42(39)46-43-40(44)22-13-27-45-43)33-25-23-30(24-26-33)35-28-37(31-14-6-3-7-15-31)41(34-18-10-5-11-19-34)38(29-35)32-16-8-4-9-17-32/h3-29H,1-2H3. The predicted molar refractivity (Wildman–Crippen MR) is 194 cm³/mol. The Bertz CT molecular complexity index is 2110. The van der Waals surface area contributed by atoms with Crippen molar-refractivity contribution < 1.29 is 0 Å². The molecule has 0 aliphatic carbocycles. The van der Waals surface area contributed by atoms with Gasteiger partial charge < -0.3 is 0 Å². The number of aromatic nitrogens is 1. The predicted octanol–water partition coefficient (Wildman–Crippen LogP) is 12.2. The quantitative estimate of drug-likeness (QED) is 0.193. The Morgan fingerprint density at radius 2 is 0.957 bits per heavy atom. The highest BCUT2D eigenvalue weighted by Crippen LogP contribution is 2.51. The first-order valence-corrected chi connectivity index (χ1v) is 16.6. The average molecular weight is 608 g/mol. The molecule has 0 unspecified atom stereocenters. The molecule has 2 heterocycles. The Morgan fingerprint density at radius 3 is 1.57 bits per heavy atom. The zero-order valence-corrected chi connectivity index (χ0v) is 26.8. The Hall–Kier alpha value is -5.18. The average Bonchev–Trinajstić information content (AvgIpc) is 3.12. The molecule has 220 valence electrons. The van der Waals surface area contributed by atoms with Gasteiger partial charge in [0, 0.05) is 16.5 Å². The molecule has 0 saturated heterocycles. The fourth-order valence-electron chi connectivity index (χ4n) is 6.81. The topological polar surface area (TPSA) is 12.9 Å². The minimum atomic E-state index is -0.109. The fourth-order valence-corrected chi connectivity index (χ4v) is 8.28. The maximum atomic E-state index is 4.76. The van der Waals surface area contributed by atoms with Crippen LogP contribution in [0, 0.1) is 0 Å². The first-order valence-electron chi connectivity index (χ1n) is 15.8. The van der Waals surface area contributed by atoms with Crippen LogP contribution in [0.3, 0.4) is 0 Å². The molecular weight excluding hydrogens is 575 g/mol. The minimum Gasteiger partial charge on any atom is -0.249 e. The monoisotopic (exact) mass is 607 g/mol. The van der Waals surface area contributed by atoms with E-state index in [-0.39, 0.29) is 5.41 Å². The van der Waals surface area contributed by atoms with Crippen LogP contribution >= 0.6 is 11.8 Å². The van der Waals surface area contributed by atoms with Gasteiger partial charge in [0.05, 0.1) is 0 Å². The maximum absolute atomic E-state index is 4.76. The summed E-state index contributed by atoms with van der Waals surface area (Å²) in [4.78, 5) is 6.06. The molecule has 0 N–H and O–H groups in total. The Balaban J connectivity index is 1.27. The summed E-state index contributed by atoms with van der Waals surface area (Å²) in [6.07, 6.45) is 1.90. The molecule has 2 heteroatoms. The molecule has 1 aliphatic rings. The summed E-state index contributed by atoms with van der Waals surface area (Å²) in [7, 11) is 0. The molecule has 0 amide bonds.